The van der Waals surface area contributed by atoms with Crippen LogP contribution in [0.2, 0.25) is 15.1 Å². The molecule has 1 N–H and O–H groups in total. The number of rotatable bonds is 3. The average molecular weight is 452 g/mol. The molecule has 2 aromatic heterocycles. The number of hydrogen-bond donors (Lipinski definition) is 1. The van der Waals surface area contributed by atoms with Gasteiger partial charge in [-0.1, -0.05) is 58.6 Å². The van der Waals surface area contributed by atoms with E-state index in [9.17, 15) is 4.79 Å². The number of thiazole rings is 1. The van der Waals surface area contributed by atoms with Crippen LogP contribution in [0.15, 0.2) is 35.7 Å². The first-order valence-electron chi connectivity index (χ1n) is 8.22. The van der Waals surface area contributed by atoms with Crippen molar-refractivity contribution in [1.29, 1.82) is 0 Å². The second-order valence-electron chi connectivity index (χ2n) is 6.24. The van der Waals surface area contributed by atoms with Crippen LogP contribution >= 0.6 is 46.1 Å². The predicted molar refractivity (Wildman–Crippen MR) is 115 cm³/mol. The Labute approximate surface area is 179 Å². The zero-order chi connectivity index (χ0) is 20.0. The SMILES string of the molecule is Cc1ccc(-c2csc3nc(NC(=O)c4c(Cl)ccc(Cl)c4Cl)nn23)c(C)c1. The topological polar surface area (TPSA) is 59.3 Å². The minimum absolute atomic E-state index is 0.0867. The summed E-state index contributed by atoms with van der Waals surface area (Å²) in [6.45, 7) is 4.10. The van der Waals surface area contributed by atoms with Crippen LogP contribution in [0.4, 0.5) is 5.95 Å². The van der Waals surface area contributed by atoms with E-state index in [1.807, 2.05) is 5.38 Å². The third kappa shape index (κ3) is 3.37. The summed E-state index contributed by atoms with van der Waals surface area (Å²) in [5.41, 5.74) is 4.38. The first-order valence-corrected chi connectivity index (χ1v) is 10.2. The number of aryl methyl sites for hydroxylation is 2. The van der Waals surface area contributed by atoms with Crippen molar-refractivity contribution in [3.63, 3.8) is 0 Å². The fourth-order valence-electron chi connectivity index (χ4n) is 2.92. The fourth-order valence-corrected chi connectivity index (χ4v) is 4.44. The minimum Gasteiger partial charge on any atom is -0.289 e. The molecular formula is C19H13Cl3N4OS. The summed E-state index contributed by atoms with van der Waals surface area (Å²) in [7, 11) is 0. The van der Waals surface area contributed by atoms with Crippen molar-refractivity contribution in [3.05, 3.63) is 67.5 Å². The number of halogens is 3. The molecule has 2 heterocycles. The van der Waals surface area contributed by atoms with Crippen molar-refractivity contribution in [1.82, 2.24) is 14.6 Å². The van der Waals surface area contributed by atoms with E-state index in [4.69, 9.17) is 34.8 Å². The Balaban J connectivity index is 1.69. The molecule has 0 atom stereocenters. The highest BCUT2D eigenvalue weighted by molar-refractivity contribution is 7.15. The molecule has 9 heteroatoms. The summed E-state index contributed by atoms with van der Waals surface area (Å²) in [5.74, 6) is -0.362. The maximum Gasteiger partial charge on any atom is 0.261 e. The lowest BCUT2D eigenvalue weighted by molar-refractivity contribution is 0.102. The standard InChI is InChI=1S/C19H13Cl3N4OS/c1-9-3-4-11(10(2)7-9)14-8-28-19-24-18(25-26(14)19)23-17(27)15-12(20)5-6-13(21)16(15)22/h3-8H,1-2H3,(H,23,25,27). The van der Waals surface area contributed by atoms with Gasteiger partial charge in [-0.3, -0.25) is 10.1 Å². The van der Waals surface area contributed by atoms with Gasteiger partial charge >= 0.3 is 0 Å². The van der Waals surface area contributed by atoms with E-state index in [0.717, 1.165) is 16.8 Å². The summed E-state index contributed by atoms with van der Waals surface area (Å²) in [4.78, 5) is 17.7. The Morgan fingerprint density at radius 3 is 2.61 bits per heavy atom. The maximum atomic E-state index is 12.6. The molecule has 0 spiro atoms. The van der Waals surface area contributed by atoms with Crippen LogP contribution in [-0.2, 0) is 0 Å². The van der Waals surface area contributed by atoms with Gasteiger partial charge in [0.05, 0.1) is 26.3 Å². The van der Waals surface area contributed by atoms with Crippen LogP contribution in [0.1, 0.15) is 21.5 Å². The van der Waals surface area contributed by atoms with E-state index < -0.39 is 5.91 Å². The third-order valence-corrected chi connectivity index (χ3v) is 6.17. The molecule has 28 heavy (non-hydrogen) atoms. The molecule has 0 aliphatic carbocycles. The molecule has 4 rings (SSSR count). The van der Waals surface area contributed by atoms with E-state index in [2.05, 4.69) is 47.4 Å². The van der Waals surface area contributed by atoms with Crippen molar-refractivity contribution in [3.8, 4) is 11.3 Å². The van der Waals surface area contributed by atoms with Crippen LogP contribution in [0.25, 0.3) is 16.2 Å². The van der Waals surface area contributed by atoms with Gasteiger partial charge in [-0.05, 0) is 31.5 Å². The van der Waals surface area contributed by atoms with Crippen molar-refractivity contribution in [2.45, 2.75) is 13.8 Å². The molecule has 0 aliphatic rings. The number of carbonyl (C=O) groups excluding carboxylic acids is 1. The molecule has 5 nitrogen and oxygen atoms in total. The lowest BCUT2D eigenvalue weighted by Gasteiger charge is -2.07. The van der Waals surface area contributed by atoms with Gasteiger partial charge in [0.15, 0.2) is 0 Å². The first kappa shape index (κ1) is 19.2. The van der Waals surface area contributed by atoms with Crippen LogP contribution in [0.3, 0.4) is 0 Å². The van der Waals surface area contributed by atoms with E-state index in [1.54, 1.807) is 4.52 Å². The summed E-state index contributed by atoms with van der Waals surface area (Å²) in [6, 6.07) is 9.26. The molecule has 0 saturated carbocycles. The van der Waals surface area contributed by atoms with E-state index in [-0.39, 0.29) is 26.6 Å². The van der Waals surface area contributed by atoms with Crippen molar-refractivity contribution < 1.29 is 4.79 Å². The lowest BCUT2D eigenvalue weighted by atomic mass is 10.0. The molecule has 4 aromatic rings. The number of anilines is 1. The quantitative estimate of drug-likeness (QED) is 0.372. The zero-order valence-corrected chi connectivity index (χ0v) is 17.8. The number of fused-ring (bicyclic) bond motifs is 1. The fraction of sp³-hybridized carbons (Fsp3) is 0.105. The summed E-state index contributed by atoms with van der Waals surface area (Å²) in [6.07, 6.45) is 0. The molecule has 0 radical (unpaired) electrons. The van der Waals surface area contributed by atoms with Gasteiger partial charge in [0.2, 0.25) is 4.96 Å². The predicted octanol–water partition coefficient (Wildman–Crippen LogP) is 6.29. The van der Waals surface area contributed by atoms with Crippen LogP contribution in [0.5, 0.6) is 0 Å². The number of nitrogens with one attached hydrogen (secondary N) is 1. The minimum atomic E-state index is -0.524. The van der Waals surface area contributed by atoms with Gasteiger partial charge in [-0.25, -0.2) is 4.52 Å². The van der Waals surface area contributed by atoms with Gasteiger partial charge < -0.3 is 0 Å². The van der Waals surface area contributed by atoms with Crippen LogP contribution < -0.4 is 5.32 Å². The lowest BCUT2D eigenvalue weighted by Crippen LogP contribution is -2.14. The number of carbonyl (C=O) groups is 1. The highest BCUT2D eigenvalue weighted by Gasteiger charge is 2.20. The summed E-state index contributed by atoms with van der Waals surface area (Å²) in [5, 5.41) is 9.58. The smallest absolute Gasteiger partial charge is 0.261 e. The summed E-state index contributed by atoms with van der Waals surface area (Å²) >= 11 is 19.7. The Hall–Kier alpha value is -2.12. The van der Waals surface area contributed by atoms with Crippen molar-refractivity contribution >= 4 is 63.0 Å². The van der Waals surface area contributed by atoms with Gasteiger partial charge in [0.25, 0.3) is 11.9 Å². The largest absolute Gasteiger partial charge is 0.289 e. The molecule has 0 unspecified atom stereocenters. The highest BCUT2D eigenvalue weighted by atomic mass is 35.5. The number of hydrogen-bond acceptors (Lipinski definition) is 4. The van der Waals surface area contributed by atoms with Crippen molar-refractivity contribution in [2.75, 3.05) is 5.32 Å². The maximum absolute atomic E-state index is 12.6. The normalized spacial score (nSPS) is 11.2. The van der Waals surface area contributed by atoms with Gasteiger partial charge in [0.1, 0.15) is 0 Å². The molecule has 0 bridgehead atoms. The number of benzene rings is 2. The van der Waals surface area contributed by atoms with Gasteiger partial charge in [-0.15, -0.1) is 16.4 Å². The second kappa shape index (κ2) is 7.37. The van der Waals surface area contributed by atoms with Crippen LogP contribution in [0, 0.1) is 13.8 Å². The van der Waals surface area contributed by atoms with E-state index in [1.165, 1.54) is 29.0 Å². The van der Waals surface area contributed by atoms with Crippen LogP contribution in [-0.4, -0.2) is 20.5 Å². The zero-order valence-electron chi connectivity index (χ0n) is 14.8. The van der Waals surface area contributed by atoms with E-state index >= 15 is 0 Å². The van der Waals surface area contributed by atoms with E-state index in [0.29, 0.717) is 4.96 Å². The first-order chi connectivity index (χ1) is 13.3. The Bertz CT molecular complexity index is 1230. The average Bonchev–Trinajstić information content (AvgIpc) is 3.19. The third-order valence-electron chi connectivity index (χ3n) is 4.24. The monoisotopic (exact) mass is 450 g/mol. The number of aromatic nitrogens is 3. The summed E-state index contributed by atoms with van der Waals surface area (Å²) < 4.78 is 1.71. The Morgan fingerprint density at radius 2 is 1.86 bits per heavy atom. The second-order valence-corrected chi connectivity index (χ2v) is 8.27. The molecule has 142 valence electrons. The molecule has 0 saturated heterocycles. The molecule has 2 aromatic carbocycles. The van der Waals surface area contributed by atoms with Gasteiger partial charge in [-0.2, -0.15) is 4.98 Å². The number of amides is 1. The molecule has 1 amide bonds. The molecular weight excluding hydrogens is 439 g/mol. The molecule has 0 fully saturated rings. The highest BCUT2D eigenvalue weighted by Crippen LogP contribution is 2.32. The Kier molecular flexibility index (Phi) is 5.05. The van der Waals surface area contributed by atoms with Crippen molar-refractivity contribution in [2.24, 2.45) is 0 Å². The van der Waals surface area contributed by atoms with Gasteiger partial charge in [0, 0.05) is 10.9 Å². The Morgan fingerprint density at radius 1 is 1.11 bits per heavy atom. The molecule has 0 aliphatic heterocycles. The number of nitrogens with zero attached hydrogens (tertiary/aromatic N) is 3.